The summed E-state index contributed by atoms with van der Waals surface area (Å²) in [7, 11) is 0. The summed E-state index contributed by atoms with van der Waals surface area (Å²) < 4.78 is 13.6. The van der Waals surface area contributed by atoms with Crippen molar-refractivity contribution in [1.29, 1.82) is 0 Å². The van der Waals surface area contributed by atoms with Gasteiger partial charge in [-0.25, -0.2) is 4.39 Å². The minimum Gasteiger partial charge on any atom is -0.506 e. The Hall–Kier alpha value is -2.60. The van der Waals surface area contributed by atoms with E-state index in [1.807, 2.05) is 12.1 Å². The molecule has 0 saturated carbocycles. The standard InChI is InChI=1S/C18H20FN3O2/c19-14-5-1-2-6-15(14)20-18(24)13-21-9-11-22(12-10-21)16-7-3-4-8-17(16)23/h1-8,23H,9-13H2,(H,20,24)/p+1. The molecule has 0 aromatic heterocycles. The number of phenolic OH excluding ortho intramolecular Hbond substituents is 1. The zero-order valence-corrected chi connectivity index (χ0v) is 13.3. The number of carbonyl (C=O) groups is 1. The molecule has 2 aromatic rings. The van der Waals surface area contributed by atoms with Crippen molar-refractivity contribution in [3.8, 4) is 5.75 Å². The first-order chi connectivity index (χ1) is 11.6. The molecular formula is C18H21FN3O2+. The lowest BCUT2D eigenvalue weighted by Crippen LogP contribution is -3.15. The molecule has 24 heavy (non-hydrogen) atoms. The fraction of sp³-hybridized carbons (Fsp3) is 0.278. The molecule has 0 atom stereocenters. The van der Waals surface area contributed by atoms with Gasteiger partial charge in [0, 0.05) is 0 Å². The second-order valence-corrected chi connectivity index (χ2v) is 5.93. The molecule has 0 aliphatic carbocycles. The van der Waals surface area contributed by atoms with Crippen molar-refractivity contribution in [2.24, 2.45) is 0 Å². The van der Waals surface area contributed by atoms with Gasteiger partial charge in [-0.05, 0) is 24.3 Å². The highest BCUT2D eigenvalue weighted by molar-refractivity contribution is 5.91. The zero-order chi connectivity index (χ0) is 16.9. The van der Waals surface area contributed by atoms with Crippen LogP contribution in [0.25, 0.3) is 0 Å². The van der Waals surface area contributed by atoms with Crippen LogP contribution >= 0.6 is 0 Å². The molecule has 1 amide bonds. The molecule has 1 saturated heterocycles. The average Bonchev–Trinajstić information content (AvgIpc) is 2.58. The van der Waals surface area contributed by atoms with Gasteiger partial charge in [-0.1, -0.05) is 24.3 Å². The first kappa shape index (κ1) is 16.3. The van der Waals surface area contributed by atoms with E-state index in [4.69, 9.17) is 0 Å². The van der Waals surface area contributed by atoms with Crippen LogP contribution in [-0.2, 0) is 4.79 Å². The number of amides is 1. The number of aromatic hydroxyl groups is 1. The molecule has 3 rings (SSSR count). The van der Waals surface area contributed by atoms with Crippen molar-refractivity contribution < 1.29 is 19.2 Å². The van der Waals surface area contributed by atoms with Crippen molar-refractivity contribution in [3.05, 3.63) is 54.3 Å². The third-order valence-electron chi connectivity index (χ3n) is 4.25. The molecule has 1 aliphatic heterocycles. The molecule has 3 N–H and O–H groups in total. The van der Waals surface area contributed by atoms with E-state index in [1.54, 1.807) is 30.3 Å². The van der Waals surface area contributed by atoms with Crippen LogP contribution in [0, 0.1) is 5.82 Å². The molecule has 0 radical (unpaired) electrons. The first-order valence-electron chi connectivity index (χ1n) is 8.04. The quantitative estimate of drug-likeness (QED) is 0.780. The number of nitrogens with zero attached hydrogens (tertiary/aromatic N) is 1. The monoisotopic (exact) mass is 330 g/mol. The van der Waals surface area contributed by atoms with Gasteiger partial charge in [0.15, 0.2) is 6.54 Å². The van der Waals surface area contributed by atoms with Gasteiger partial charge in [-0.2, -0.15) is 0 Å². The number of piperazine rings is 1. The minimum absolute atomic E-state index is 0.189. The summed E-state index contributed by atoms with van der Waals surface area (Å²) in [6.45, 7) is 3.42. The lowest BCUT2D eigenvalue weighted by Gasteiger charge is -2.33. The van der Waals surface area contributed by atoms with Crippen LogP contribution in [-0.4, -0.2) is 43.7 Å². The molecule has 0 unspecified atom stereocenters. The van der Waals surface area contributed by atoms with Gasteiger partial charge in [0.25, 0.3) is 5.91 Å². The maximum absolute atomic E-state index is 13.6. The van der Waals surface area contributed by atoms with E-state index in [0.717, 1.165) is 36.8 Å². The Balaban J connectivity index is 1.51. The predicted molar refractivity (Wildman–Crippen MR) is 90.9 cm³/mol. The lowest BCUT2D eigenvalue weighted by molar-refractivity contribution is -0.892. The van der Waals surface area contributed by atoms with Crippen LogP contribution in [0.15, 0.2) is 48.5 Å². The molecular weight excluding hydrogens is 309 g/mol. The highest BCUT2D eigenvalue weighted by Gasteiger charge is 2.23. The van der Waals surface area contributed by atoms with E-state index < -0.39 is 5.82 Å². The second-order valence-electron chi connectivity index (χ2n) is 5.93. The van der Waals surface area contributed by atoms with Crippen molar-refractivity contribution in [1.82, 2.24) is 0 Å². The summed E-state index contributed by atoms with van der Waals surface area (Å²) in [6.07, 6.45) is 0. The molecule has 126 valence electrons. The Labute approximate surface area is 140 Å². The fourth-order valence-corrected chi connectivity index (χ4v) is 2.96. The summed E-state index contributed by atoms with van der Waals surface area (Å²) in [5.41, 5.74) is 1.04. The Morgan fingerprint density at radius 2 is 1.79 bits per heavy atom. The summed E-state index contributed by atoms with van der Waals surface area (Å²) in [4.78, 5) is 15.4. The van der Waals surface area contributed by atoms with E-state index >= 15 is 0 Å². The van der Waals surface area contributed by atoms with Crippen LogP contribution < -0.4 is 15.1 Å². The van der Waals surface area contributed by atoms with E-state index in [-0.39, 0.29) is 17.3 Å². The molecule has 0 spiro atoms. The number of rotatable bonds is 4. The summed E-state index contributed by atoms with van der Waals surface area (Å²) >= 11 is 0. The van der Waals surface area contributed by atoms with Crippen LogP contribution in [0.1, 0.15) is 0 Å². The molecule has 6 heteroatoms. The van der Waals surface area contributed by atoms with E-state index in [2.05, 4.69) is 10.2 Å². The highest BCUT2D eigenvalue weighted by Crippen LogP contribution is 2.25. The number of phenols is 1. The van der Waals surface area contributed by atoms with Crippen LogP contribution in [0.2, 0.25) is 0 Å². The normalized spacial score (nSPS) is 15.3. The Morgan fingerprint density at radius 1 is 1.12 bits per heavy atom. The van der Waals surface area contributed by atoms with Gasteiger partial charge in [-0.3, -0.25) is 4.79 Å². The minimum atomic E-state index is -0.426. The number of hydrogen-bond donors (Lipinski definition) is 3. The maximum Gasteiger partial charge on any atom is 0.279 e. The number of benzene rings is 2. The van der Waals surface area contributed by atoms with E-state index in [0.29, 0.717) is 6.54 Å². The van der Waals surface area contributed by atoms with Crippen LogP contribution in [0.3, 0.4) is 0 Å². The van der Waals surface area contributed by atoms with Crippen molar-refractivity contribution in [3.63, 3.8) is 0 Å². The highest BCUT2D eigenvalue weighted by atomic mass is 19.1. The Morgan fingerprint density at radius 3 is 2.50 bits per heavy atom. The van der Waals surface area contributed by atoms with Gasteiger partial charge < -0.3 is 20.2 Å². The maximum atomic E-state index is 13.6. The number of carbonyl (C=O) groups excluding carboxylic acids is 1. The lowest BCUT2D eigenvalue weighted by atomic mass is 10.2. The van der Waals surface area contributed by atoms with Gasteiger partial charge >= 0.3 is 0 Å². The van der Waals surface area contributed by atoms with E-state index in [1.165, 1.54) is 6.07 Å². The van der Waals surface area contributed by atoms with Crippen molar-refractivity contribution >= 4 is 17.3 Å². The number of anilines is 2. The molecule has 2 aromatic carbocycles. The fourth-order valence-electron chi connectivity index (χ4n) is 2.96. The Bertz CT molecular complexity index is 715. The number of quaternary nitrogens is 1. The molecule has 1 aliphatic rings. The smallest absolute Gasteiger partial charge is 0.279 e. The number of hydrogen-bond acceptors (Lipinski definition) is 3. The van der Waals surface area contributed by atoms with Gasteiger partial charge in [0.05, 0.1) is 37.6 Å². The topological polar surface area (TPSA) is 57.0 Å². The first-order valence-corrected chi connectivity index (χ1v) is 8.04. The molecule has 5 nitrogen and oxygen atoms in total. The van der Waals surface area contributed by atoms with E-state index in [9.17, 15) is 14.3 Å². The summed E-state index contributed by atoms with van der Waals surface area (Å²) in [6, 6.07) is 13.4. The average molecular weight is 330 g/mol. The number of halogens is 1. The SMILES string of the molecule is O=C(C[NH+]1CCN(c2ccccc2O)CC1)Nc1ccccc1F. The Kier molecular flexibility index (Phi) is 4.96. The van der Waals surface area contributed by atoms with Crippen LogP contribution in [0.4, 0.5) is 15.8 Å². The number of nitrogens with one attached hydrogen (secondary N) is 2. The van der Waals surface area contributed by atoms with Crippen molar-refractivity contribution in [2.45, 2.75) is 0 Å². The molecule has 1 heterocycles. The number of para-hydroxylation sites is 3. The van der Waals surface area contributed by atoms with Gasteiger partial charge in [-0.15, -0.1) is 0 Å². The predicted octanol–water partition coefficient (Wildman–Crippen LogP) is 0.875. The zero-order valence-electron chi connectivity index (χ0n) is 13.3. The van der Waals surface area contributed by atoms with Crippen LogP contribution in [0.5, 0.6) is 5.75 Å². The largest absolute Gasteiger partial charge is 0.506 e. The third kappa shape index (κ3) is 3.83. The molecule has 0 bridgehead atoms. The summed E-state index contributed by atoms with van der Waals surface area (Å²) in [5.74, 6) is -0.338. The van der Waals surface area contributed by atoms with Gasteiger partial charge in [0.1, 0.15) is 11.6 Å². The molecule has 1 fully saturated rings. The summed E-state index contributed by atoms with van der Waals surface area (Å²) in [5, 5.41) is 12.5. The third-order valence-corrected chi connectivity index (χ3v) is 4.25. The van der Waals surface area contributed by atoms with Gasteiger partial charge in [0.2, 0.25) is 0 Å². The van der Waals surface area contributed by atoms with Crippen molar-refractivity contribution in [2.75, 3.05) is 42.9 Å². The second kappa shape index (κ2) is 7.31.